The largest absolute Gasteiger partial charge is 0.376 e. The molecule has 0 bridgehead atoms. The van der Waals surface area contributed by atoms with Gasteiger partial charge in [0.2, 0.25) is 5.91 Å². The average molecular weight is 419 g/mol. The second-order valence-corrected chi connectivity index (χ2v) is 9.91. The lowest BCUT2D eigenvalue weighted by atomic mass is 9.87. The van der Waals surface area contributed by atoms with Crippen LogP contribution >= 0.6 is 0 Å². The molecular weight excluding hydrogens is 383 g/mol. The van der Waals surface area contributed by atoms with Crippen LogP contribution in [-0.4, -0.2) is 54.4 Å². The summed E-state index contributed by atoms with van der Waals surface area (Å²) in [6.45, 7) is 8.22. The van der Waals surface area contributed by atoms with Gasteiger partial charge in [0.15, 0.2) is 0 Å². The third-order valence-electron chi connectivity index (χ3n) is 7.00. The number of hydrogen-bond donors (Lipinski definition) is 1. The summed E-state index contributed by atoms with van der Waals surface area (Å²) in [5.41, 5.74) is 0.905. The van der Waals surface area contributed by atoms with E-state index in [2.05, 4.69) is 24.1 Å². The molecule has 1 N–H and O–H groups in total. The number of halogens is 1. The Bertz CT molecular complexity index is 728. The first-order valence-corrected chi connectivity index (χ1v) is 11.4. The average Bonchev–Trinajstić information content (AvgIpc) is 3.12. The molecule has 0 aliphatic carbocycles. The van der Waals surface area contributed by atoms with Crippen molar-refractivity contribution < 1.29 is 18.7 Å². The summed E-state index contributed by atoms with van der Waals surface area (Å²) in [6.07, 6.45) is 5.82. The number of carbonyl (C=O) groups is 1. The number of likely N-dealkylation sites (tertiary alicyclic amines) is 1. The number of amides is 1. The molecule has 3 heterocycles. The first-order chi connectivity index (χ1) is 14.3. The summed E-state index contributed by atoms with van der Waals surface area (Å²) < 4.78 is 25.3. The summed E-state index contributed by atoms with van der Waals surface area (Å²) in [4.78, 5) is 15.0. The summed E-state index contributed by atoms with van der Waals surface area (Å²) in [6, 6.07) is 6.79. The zero-order valence-corrected chi connectivity index (χ0v) is 18.3. The van der Waals surface area contributed by atoms with Crippen LogP contribution in [0.3, 0.4) is 0 Å². The quantitative estimate of drug-likeness (QED) is 0.793. The molecule has 1 amide bonds. The van der Waals surface area contributed by atoms with E-state index in [0.717, 1.165) is 63.7 Å². The SMILES string of the molecule is CC1(C)C[C@@H](C(=O)NC[C@@H]2CCC3(CCN(Cc4ccc(F)cc4)CC3)O2)CCO1. The first kappa shape index (κ1) is 21.7. The number of benzene rings is 1. The Balaban J connectivity index is 1.20. The van der Waals surface area contributed by atoms with Crippen LogP contribution in [0.15, 0.2) is 24.3 Å². The van der Waals surface area contributed by atoms with Gasteiger partial charge in [0.1, 0.15) is 5.82 Å². The van der Waals surface area contributed by atoms with Crippen molar-refractivity contribution in [2.45, 2.75) is 76.2 Å². The summed E-state index contributed by atoms with van der Waals surface area (Å²) in [5, 5.41) is 3.14. The number of nitrogens with one attached hydrogen (secondary N) is 1. The van der Waals surface area contributed by atoms with Crippen LogP contribution in [0.1, 0.15) is 57.9 Å². The maximum Gasteiger partial charge on any atom is 0.223 e. The molecule has 4 rings (SSSR count). The van der Waals surface area contributed by atoms with Gasteiger partial charge in [-0.1, -0.05) is 12.1 Å². The van der Waals surface area contributed by atoms with Crippen LogP contribution in [0.2, 0.25) is 0 Å². The second kappa shape index (κ2) is 8.93. The lowest BCUT2D eigenvalue weighted by Gasteiger charge is -2.39. The number of hydrogen-bond acceptors (Lipinski definition) is 4. The molecular formula is C24H35FN2O3. The Morgan fingerprint density at radius 2 is 1.90 bits per heavy atom. The molecule has 0 saturated carbocycles. The van der Waals surface area contributed by atoms with Crippen molar-refractivity contribution in [2.24, 2.45) is 5.92 Å². The maximum absolute atomic E-state index is 13.1. The number of carbonyl (C=O) groups excluding carboxylic acids is 1. The second-order valence-electron chi connectivity index (χ2n) is 9.91. The van der Waals surface area contributed by atoms with E-state index < -0.39 is 0 Å². The van der Waals surface area contributed by atoms with Gasteiger partial charge in [-0.25, -0.2) is 4.39 Å². The van der Waals surface area contributed by atoms with Crippen LogP contribution in [-0.2, 0) is 20.8 Å². The predicted molar refractivity (Wildman–Crippen MR) is 114 cm³/mol. The molecule has 1 aromatic carbocycles. The Kier molecular flexibility index (Phi) is 6.47. The predicted octanol–water partition coefficient (Wildman–Crippen LogP) is 3.66. The Morgan fingerprint density at radius 3 is 2.60 bits per heavy atom. The van der Waals surface area contributed by atoms with Crippen molar-refractivity contribution >= 4 is 5.91 Å². The normalized spacial score (nSPS) is 28.5. The number of nitrogens with zero attached hydrogens (tertiary/aromatic N) is 1. The minimum absolute atomic E-state index is 0.0324. The smallest absolute Gasteiger partial charge is 0.223 e. The molecule has 1 spiro atoms. The fraction of sp³-hybridized carbons (Fsp3) is 0.708. The van der Waals surface area contributed by atoms with Crippen molar-refractivity contribution in [1.82, 2.24) is 10.2 Å². The summed E-state index contributed by atoms with van der Waals surface area (Å²) in [7, 11) is 0. The van der Waals surface area contributed by atoms with Gasteiger partial charge in [0, 0.05) is 38.7 Å². The van der Waals surface area contributed by atoms with Crippen LogP contribution in [0.4, 0.5) is 4.39 Å². The molecule has 6 heteroatoms. The zero-order chi connectivity index (χ0) is 21.2. The lowest BCUT2D eigenvalue weighted by Crippen LogP contribution is -2.46. The van der Waals surface area contributed by atoms with Gasteiger partial charge in [0.25, 0.3) is 0 Å². The minimum atomic E-state index is -0.212. The van der Waals surface area contributed by atoms with Gasteiger partial charge in [0.05, 0.1) is 17.3 Å². The van der Waals surface area contributed by atoms with Gasteiger partial charge in [-0.05, 0) is 70.1 Å². The number of piperidine rings is 1. The molecule has 5 nitrogen and oxygen atoms in total. The molecule has 0 unspecified atom stereocenters. The van der Waals surface area contributed by atoms with Crippen LogP contribution < -0.4 is 5.32 Å². The van der Waals surface area contributed by atoms with Gasteiger partial charge >= 0.3 is 0 Å². The van der Waals surface area contributed by atoms with Crippen molar-refractivity contribution in [2.75, 3.05) is 26.2 Å². The van der Waals surface area contributed by atoms with Gasteiger partial charge in [-0.2, -0.15) is 0 Å². The van der Waals surface area contributed by atoms with Crippen LogP contribution in [0.25, 0.3) is 0 Å². The van der Waals surface area contributed by atoms with Crippen LogP contribution in [0, 0.1) is 11.7 Å². The molecule has 3 aliphatic heterocycles. The van der Waals surface area contributed by atoms with Crippen molar-refractivity contribution in [1.29, 1.82) is 0 Å². The third-order valence-corrected chi connectivity index (χ3v) is 7.00. The Labute approximate surface area is 179 Å². The van der Waals surface area contributed by atoms with Crippen LogP contribution in [0.5, 0.6) is 0 Å². The molecule has 30 heavy (non-hydrogen) atoms. The molecule has 0 aromatic heterocycles. The highest BCUT2D eigenvalue weighted by atomic mass is 19.1. The minimum Gasteiger partial charge on any atom is -0.376 e. The van der Waals surface area contributed by atoms with E-state index >= 15 is 0 Å². The van der Waals surface area contributed by atoms with E-state index in [1.165, 1.54) is 12.1 Å². The third kappa shape index (κ3) is 5.40. The zero-order valence-electron chi connectivity index (χ0n) is 18.3. The molecule has 0 radical (unpaired) electrons. The molecule has 3 fully saturated rings. The molecule has 3 saturated heterocycles. The standard InChI is InChI=1S/C24H35FN2O3/c1-23(2)15-19(8-14-29-23)22(28)26-16-21-7-9-24(30-21)10-12-27(13-11-24)17-18-3-5-20(25)6-4-18/h3-6,19,21H,7-17H2,1-2H3,(H,26,28)/t19-,21-/m0/s1. The van der Waals surface area contributed by atoms with E-state index in [9.17, 15) is 9.18 Å². The summed E-state index contributed by atoms with van der Waals surface area (Å²) >= 11 is 0. The van der Waals surface area contributed by atoms with Crippen molar-refractivity contribution in [3.05, 3.63) is 35.6 Å². The van der Waals surface area contributed by atoms with Gasteiger partial charge < -0.3 is 14.8 Å². The van der Waals surface area contributed by atoms with Gasteiger partial charge in [-0.3, -0.25) is 9.69 Å². The van der Waals surface area contributed by atoms with Crippen molar-refractivity contribution in [3.63, 3.8) is 0 Å². The Morgan fingerprint density at radius 1 is 1.17 bits per heavy atom. The molecule has 2 atom stereocenters. The number of ether oxygens (including phenoxy) is 2. The Hall–Kier alpha value is -1.50. The van der Waals surface area contributed by atoms with E-state index in [-0.39, 0.29) is 34.9 Å². The van der Waals surface area contributed by atoms with E-state index in [1.54, 1.807) is 0 Å². The molecule has 1 aromatic rings. The molecule has 166 valence electrons. The lowest BCUT2D eigenvalue weighted by molar-refractivity contribution is -0.136. The van der Waals surface area contributed by atoms with Gasteiger partial charge in [-0.15, -0.1) is 0 Å². The monoisotopic (exact) mass is 418 g/mol. The highest BCUT2D eigenvalue weighted by Gasteiger charge is 2.42. The highest BCUT2D eigenvalue weighted by Crippen LogP contribution is 2.39. The van der Waals surface area contributed by atoms with E-state index in [4.69, 9.17) is 9.47 Å². The maximum atomic E-state index is 13.1. The fourth-order valence-electron chi connectivity index (χ4n) is 5.19. The highest BCUT2D eigenvalue weighted by molar-refractivity contribution is 5.78. The first-order valence-electron chi connectivity index (χ1n) is 11.4. The topological polar surface area (TPSA) is 50.8 Å². The van der Waals surface area contributed by atoms with Crippen molar-refractivity contribution in [3.8, 4) is 0 Å². The van der Waals surface area contributed by atoms with E-state index in [0.29, 0.717) is 13.2 Å². The number of rotatable bonds is 5. The fourth-order valence-corrected chi connectivity index (χ4v) is 5.19. The summed E-state index contributed by atoms with van der Waals surface area (Å²) in [5.74, 6) is -0.00164. The van der Waals surface area contributed by atoms with E-state index in [1.807, 2.05) is 12.1 Å². The molecule has 3 aliphatic rings.